The van der Waals surface area contributed by atoms with Crippen molar-refractivity contribution in [2.24, 2.45) is 5.92 Å². The van der Waals surface area contributed by atoms with Crippen molar-refractivity contribution >= 4 is 22.6 Å². The molecule has 6 nitrogen and oxygen atoms in total. The Balaban J connectivity index is 1.69. The molecule has 0 radical (unpaired) electrons. The van der Waals surface area contributed by atoms with Crippen LogP contribution in [0.5, 0.6) is 0 Å². The van der Waals surface area contributed by atoms with Crippen LogP contribution in [0.2, 0.25) is 0 Å². The molecule has 0 saturated heterocycles. The van der Waals surface area contributed by atoms with Crippen molar-refractivity contribution in [3.05, 3.63) is 64.8 Å². The number of amides is 1. The van der Waals surface area contributed by atoms with E-state index >= 15 is 0 Å². The minimum absolute atomic E-state index is 0.124. The molecule has 8 heteroatoms. The first-order valence-corrected chi connectivity index (χ1v) is 10.1. The van der Waals surface area contributed by atoms with Crippen molar-refractivity contribution in [1.29, 1.82) is 0 Å². The Labute approximate surface area is 172 Å². The van der Waals surface area contributed by atoms with Gasteiger partial charge in [0.05, 0.1) is 23.4 Å². The van der Waals surface area contributed by atoms with Gasteiger partial charge in [-0.25, -0.2) is 18.7 Å². The van der Waals surface area contributed by atoms with Gasteiger partial charge in [0.2, 0.25) is 5.91 Å². The fourth-order valence-corrected chi connectivity index (χ4v) is 4.07. The molecule has 1 unspecified atom stereocenters. The van der Waals surface area contributed by atoms with Gasteiger partial charge in [-0.3, -0.25) is 14.2 Å². The largest absolute Gasteiger partial charge is 0.309 e. The number of hydrogen-bond donors (Lipinski definition) is 1. The first-order valence-electron chi connectivity index (χ1n) is 10.1. The zero-order valence-electron chi connectivity index (χ0n) is 16.4. The van der Waals surface area contributed by atoms with Gasteiger partial charge in [-0.15, -0.1) is 0 Å². The number of pyridine rings is 1. The average molecular weight is 412 g/mol. The molecule has 1 aromatic carbocycles. The molecule has 1 aliphatic rings. The fraction of sp³-hybridized carbons (Fsp3) is 0.364. The van der Waals surface area contributed by atoms with Gasteiger partial charge in [-0.2, -0.15) is 0 Å². The van der Waals surface area contributed by atoms with Crippen molar-refractivity contribution in [3.63, 3.8) is 0 Å². The number of carbonyl (C=O) groups excluding carboxylic acids is 1. The molecule has 1 aliphatic carbocycles. The van der Waals surface area contributed by atoms with Gasteiger partial charge >= 0.3 is 0 Å². The minimum atomic E-state index is -0.826. The second-order valence-electron chi connectivity index (χ2n) is 7.72. The topological polar surface area (TPSA) is 76.9 Å². The van der Waals surface area contributed by atoms with E-state index in [9.17, 15) is 18.4 Å². The molecule has 3 aromatic rings. The van der Waals surface area contributed by atoms with Crippen molar-refractivity contribution < 1.29 is 13.6 Å². The summed E-state index contributed by atoms with van der Waals surface area (Å²) in [5, 5.41) is 2.79. The lowest BCUT2D eigenvalue weighted by Crippen LogP contribution is -2.35. The van der Waals surface area contributed by atoms with Crippen LogP contribution in [0.4, 0.5) is 14.6 Å². The summed E-state index contributed by atoms with van der Waals surface area (Å²) < 4.78 is 28.1. The number of aromatic nitrogens is 3. The molecule has 0 bridgehead atoms. The van der Waals surface area contributed by atoms with Crippen LogP contribution < -0.4 is 10.9 Å². The third kappa shape index (κ3) is 4.37. The van der Waals surface area contributed by atoms with E-state index in [1.807, 2.05) is 0 Å². The van der Waals surface area contributed by atoms with Crippen LogP contribution in [-0.4, -0.2) is 20.4 Å². The summed E-state index contributed by atoms with van der Waals surface area (Å²) >= 11 is 0. The van der Waals surface area contributed by atoms with E-state index in [-0.39, 0.29) is 11.2 Å². The van der Waals surface area contributed by atoms with Crippen molar-refractivity contribution in [2.75, 3.05) is 5.32 Å². The molecule has 2 aromatic heterocycles. The normalized spacial score (nSPS) is 15.8. The number of rotatable bonds is 5. The van der Waals surface area contributed by atoms with Crippen molar-refractivity contribution in [1.82, 2.24) is 14.5 Å². The Kier molecular flexibility index (Phi) is 5.83. The Bertz CT molecular complexity index is 1110. The predicted molar refractivity (Wildman–Crippen MR) is 109 cm³/mol. The molecule has 156 valence electrons. The second-order valence-corrected chi connectivity index (χ2v) is 7.72. The number of fused-ring (bicyclic) bond motifs is 1. The van der Waals surface area contributed by atoms with Crippen LogP contribution >= 0.6 is 0 Å². The molecule has 1 N–H and O–H groups in total. The number of benzene rings is 1. The summed E-state index contributed by atoms with van der Waals surface area (Å²) in [6, 6.07) is 5.55. The molecule has 1 fully saturated rings. The monoisotopic (exact) mass is 412 g/mol. The molecule has 1 amide bonds. The minimum Gasteiger partial charge on any atom is -0.309 e. The van der Waals surface area contributed by atoms with Crippen LogP contribution in [0.1, 0.15) is 44.6 Å². The van der Waals surface area contributed by atoms with E-state index in [1.165, 1.54) is 41.6 Å². The van der Waals surface area contributed by atoms with Gasteiger partial charge in [-0.1, -0.05) is 32.1 Å². The quantitative estimate of drug-likeness (QED) is 0.681. The molecular weight excluding hydrogens is 390 g/mol. The first kappa shape index (κ1) is 20.1. The zero-order chi connectivity index (χ0) is 21.1. The van der Waals surface area contributed by atoms with Crippen LogP contribution in [0.3, 0.4) is 0 Å². The summed E-state index contributed by atoms with van der Waals surface area (Å²) in [7, 11) is 0. The maximum atomic E-state index is 13.7. The highest BCUT2D eigenvalue weighted by Gasteiger charge is 2.27. The number of hydrogen-bond acceptors (Lipinski definition) is 4. The number of nitrogens with zero attached hydrogens (tertiary/aromatic N) is 3. The van der Waals surface area contributed by atoms with E-state index in [1.54, 1.807) is 0 Å². The Morgan fingerprint density at radius 1 is 1.10 bits per heavy atom. The zero-order valence-corrected chi connectivity index (χ0v) is 16.4. The third-order valence-corrected chi connectivity index (χ3v) is 5.64. The summed E-state index contributed by atoms with van der Waals surface area (Å²) in [6.07, 6.45) is 8.15. The SMILES string of the molecule is O=C(Nc1ccc(F)cn1)C(CC1CCCCC1)n1cnc2ccc(F)cc2c1=O. The van der Waals surface area contributed by atoms with Gasteiger partial charge in [0.25, 0.3) is 5.56 Å². The van der Waals surface area contributed by atoms with E-state index in [4.69, 9.17) is 0 Å². The van der Waals surface area contributed by atoms with E-state index in [2.05, 4.69) is 15.3 Å². The van der Waals surface area contributed by atoms with Gasteiger partial charge < -0.3 is 5.32 Å². The standard InChI is InChI=1S/C22H22F2N4O2/c23-15-6-8-18-17(11-15)22(30)28(13-26-18)19(10-14-4-2-1-3-5-14)21(29)27-20-9-7-16(24)12-25-20/h6-9,11-14,19H,1-5,10H2,(H,25,27,29). The Morgan fingerprint density at radius 2 is 1.87 bits per heavy atom. The fourth-order valence-electron chi connectivity index (χ4n) is 4.07. The van der Waals surface area contributed by atoms with E-state index < -0.39 is 29.1 Å². The highest BCUT2D eigenvalue weighted by molar-refractivity contribution is 5.93. The van der Waals surface area contributed by atoms with Crippen molar-refractivity contribution in [3.8, 4) is 0 Å². The van der Waals surface area contributed by atoms with Crippen LogP contribution in [0.15, 0.2) is 47.7 Å². The van der Waals surface area contributed by atoms with Gasteiger partial charge in [0, 0.05) is 0 Å². The smallest absolute Gasteiger partial charge is 0.262 e. The van der Waals surface area contributed by atoms with Crippen molar-refractivity contribution in [2.45, 2.75) is 44.6 Å². The van der Waals surface area contributed by atoms with Crippen LogP contribution in [0.25, 0.3) is 10.9 Å². The summed E-state index contributed by atoms with van der Waals surface area (Å²) in [5.74, 6) is -0.986. The lowest BCUT2D eigenvalue weighted by Gasteiger charge is -2.27. The molecule has 0 spiro atoms. The number of nitrogens with one attached hydrogen (secondary N) is 1. The van der Waals surface area contributed by atoms with Crippen LogP contribution in [-0.2, 0) is 4.79 Å². The third-order valence-electron chi connectivity index (χ3n) is 5.64. The van der Waals surface area contributed by atoms with Gasteiger partial charge in [-0.05, 0) is 42.7 Å². The Morgan fingerprint density at radius 3 is 2.60 bits per heavy atom. The molecule has 30 heavy (non-hydrogen) atoms. The summed E-state index contributed by atoms with van der Waals surface area (Å²) in [4.78, 5) is 34.3. The van der Waals surface area contributed by atoms with E-state index in [0.29, 0.717) is 17.9 Å². The maximum absolute atomic E-state index is 13.7. The number of carbonyl (C=O) groups is 1. The molecule has 4 rings (SSSR count). The van der Waals surface area contributed by atoms with Crippen LogP contribution in [0, 0.1) is 17.6 Å². The summed E-state index contributed by atoms with van der Waals surface area (Å²) in [6.45, 7) is 0. The molecule has 2 heterocycles. The summed E-state index contributed by atoms with van der Waals surface area (Å²) in [5.41, 5.74) is -0.0998. The number of anilines is 1. The first-order chi connectivity index (χ1) is 14.5. The maximum Gasteiger partial charge on any atom is 0.262 e. The molecule has 0 aliphatic heterocycles. The molecular formula is C22H22F2N4O2. The highest BCUT2D eigenvalue weighted by atomic mass is 19.1. The number of halogens is 2. The second kappa shape index (κ2) is 8.69. The molecule has 1 saturated carbocycles. The molecule has 1 atom stereocenters. The lowest BCUT2D eigenvalue weighted by atomic mass is 9.84. The van der Waals surface area contributed by atoms with Gasteiger partial charge in [0.15, 0.2) is 0 Å². The lowest BCUT2D eigenvalue weighted by molar-refractivity contribution is -0.120. The predicted octanol–water partition coefficient (Wildman–Crippen LogP) is 4.22. The highest BCUT2D eigenvalue weighted by Crippen LogP contribution is 2.31. The Hall–Kier alpha value is -3.16. The van der Waals surface area contributed by atoms with Gasteiger partial charge in [0.1, 0.15) is 23.5 Å². The van der Waals surface area contributed by atoms with E-state index in [0.717, 1.165) is 37.9 Å². The average Bonchev–Trinajstić information content (AvgIpc) is 2.75.